The number of rotatable bonds is 21. The SMILES string of the molecule is C=C1C[C@@H]2CC[C@]34C[C@@H](OC)[C@H](O3)[C@H]3C[C@@H](O4)[C@H]4O[C@H](CC[C@@H]4O3)CC(=O)C[C@@H]3[C@@H](OC)[C@@H](C[C@H](O)CNC(=O)CCOCCOCCOCCOCCN=[N+]=[N-])O[C@H]3C[C@H]3O[C@@H](CC[C@@H]1O2)C[C@@H](C)C3=C. The number of amides is 1. The zero-order chi connectivity index (χ0) is 50.6. The third-order valence-corrected chi connectivity index (χ3v) is 16.1. The summed E-state index contributed by atoms with van der Waals surface area (Å²) in [7, 11) is 3.36. The number of carbonyl (C=O) groups is 2. The number of hydrogen-bond donors (Lipinski definition) is 2. The van der Waals surface area contributed by atoms with Gasteiger partial charge in [-0.1, -0.05) is 25.2 Å². The normalized spacial score (nSPS) is 39.4. The molecule has 10 bridgehead atoms. The van der Waals surface area contributed by atoms with E-state index < -0.39 is 30.2 Å². The minimum atomic E-state index is -0.937. The molecule has 8 aliphatic heterocycles. The van der Waals surface area contributed by atoms with Crippen molar-refractivity contribution in [1.29, 1.82) is 0 Å². The van der Waals surface area contributed by atoms with Gasteiger partial charge in [-0.3, -0.25) is 9.59 Å². The summed E-state index contributed by atoms with van der Waals surface area (Å²) in [6, 6.07) is 0. The maximum atomic E-state index is 14.4. The molecule has 2 N–H and O–H groups in total. The summed E-state index contributed by atoms with van der Waals surface area (Å²) < 4.78 is 81.9. The van der Waals surface area contributed by atoms with E-state index in [1.807, 2.05) is 0 Å². The fourth-order valence-corrected chi connectivity index (χ4v) is 12.4. The van der Waals surface area contributed by atoms with Gasteiger partial charge in [0.15, 0.2) is 5.79 Å². The molecule has 0 radical (unpaired) electrons. The first kappa shape index (κ1) is 55.6. The minimum absolute atomic E-state index is 0.00169. The number of Topliss-reactive ketones (excluding diaryl/α,β-unsaturated/α-hetero) is 1. The second kappa shape index (κ2) is 26.9. The van der Waals surface area contributed by atoms with Crippen molar-refractivity contribution in [3.8, 4) is 0 Å². The Bertz CT molecular complexity index is 1840. The van der Waals surface area contributed by atoms with E-state index in [2.05, 4.69) is 35.4 Å². The average molecular weight is 1020 g/mol. The molecule has 8 heterocycles. The van der Waals surface area contributed by atoms with Gasteiger partial charge < -0.3 is 72.0 Å². The summed E-state index contributed by atoms with van der Waals surface area (Å²) in [5.41, 5.74) is 10.4. The van der Waals surface area contributed by atoms with Crippen LogP contribution in [0.15, 0.2) is 29.4 Å². The predicted molar refractivity (Wildman–Crippen MR) is 259 cm³/mol. The number of ketones is 1. The van der Waals surface area contributed by atoms with Crippen molar-refractivity contribution in [3.63, 3.8) is 0 Å². The second-order valence-electron chi connectivity index (χ2n) is 21.2. The van der Waals surface area contributed by atoms with Crippen molar-refractivity contribution in [3.05, 3.63) is 34.7 Å². The van der Waals surface area contributed by atoms with E-state index in [0.29, 0.717) is 78.4 Å². The van der Waals surface area contributed by atoms with E-state index in [0.717, 1.165) is 49.7 Å². The van der Waals surface area contributed by atoms with Crippen molar-refractivity contribution in [2.75, 3.05) is 80.2 Å². The second-order valence-corrected chi connectivity index (χ2v) is 21.2. The van der Waals surface area contributed by atoms with Gasteiger partial charge >= 0.3 is 0 Å². The van der Waals surface area contributed by atoms with Crippen molar-refractivity contribution in [1.82, 2.24) is 5.32 Å². The lowest BCUT2D eigenvalue weighted by atomic mass is 9.81. The Kier molecular flexibility index (Phi) is 20.8. The molecule has 8 saturated heterocycles. The summed E-state index contributed by atoms with van der Waals surface area (Å²) >= 11 is 0. The standard InChI is InChI=1S/C52H82N4O16/c1-31-22-36-6-8-40-32(2)23-38(66-40)10-12-52-29-47(60-4)51(72-52)45-28-46(71-52)50-41(69-45)9-7-37(68-50)24-34(57)25-39-43(27-42(67-36)33(31)3)70-44(49(39)61-5)26-35(58)30-54-48(59)11-14-62-16-18-64-20-21-65-19-17-63-15-13-55-56-53/h31,35-47,49-51,58H,2-3,6-30H2,1,4-5H3,(H,54,59)/t31-,35+,36+,37-,38+,39+,40+,41+,42-,43+,44-,45-,46-,47-,49-,50+,51-,52-/m1/s1. The zero-order valence-electron chi connectivity index (χ0n) is 42.8. The number of fused-ring (bicyclic) bond motifs is 9. The Morgan fingerprint density at radius 3 is 2.25 bits per heavy atom. The molecule has 8 aliphatic rings. The lowest BCUT2D eigenvalue weighted by molar-refractivity contribution is -0.277. The Morgan fingerprint density at radius 1 is 0.778 bits per heavy atom. The maximum absolute atomic E-state index is 14.4. The quantitative estimate of drug-likeness (QED) is 0.0506. The monoisotopic (exact) mass is 1020 g/mol. The minimum Gasteiger partial charge on any atom is -0.391 e. The van der Waals surface area contributed by atoms with E-state index in [1.165, 1.54) is 0 Å². The summed E-state index contributed by atoms with van der Waals surface area (Å²) in [6.07, 6.45) is 4.03. The smallest absolute Gasteiger partial charge is 0.222 e. The molecule has 0 aromatic heterocycles. The number of ether oxygens (including phenoxy) is 13. The first-order valence-corrected chi connectivity index (χ1v) is 26.8. The highest BCUT2D eigenvalue weighted by Crippen LogP contribution is 2.50. The van der Waals surface area contributed by atoms with Gasteiger partial charge in [0.1, 0.15) is 18.0 Å². The van der Waals surface area contributed by atoms with Crippen LogP contribution in [0.1, 0.15) is 103 Å². The fourth-order valence-electron chi connectivity index (χ4n) is 12.4. The molecule has 0 aromatic rings. The van der Waals surface area contributed by atoms with Crippen LogP contribution in [0.25, 0.3) is 10.4 Å². The van der Waals surface area contributed by atoms with Gasteiger partial charge in [-0.2, -0.15) is 0 Å². The highest BCUT2D eigenvalue weighted by molar-refractivity contribution is 5.79. The van der Waals surface area contributed by atoms with Gasteiger partial charge in [-0.05, 0) is 67.5 Å². The molecule has 406 valence electrons. The van der Waals surface area contributed by atoms with E-state index in [9.17, 15) is 14.7 Å². The summed E-state index contributed by atoms with van der Waals surface area (Å²) in [4.78, 5) is 29.8. The molecule has 1 amide bonds. The van der Waals surface area contributed by atoms with Crippen LogP contribution < -0.4 is 5.32 Å². The molecule has 0 saturated carbocycles. The topological polar surface area (TPSA) is 235 Å². The fraction of sp³-hybridized carbons (Fsp3) is 0.885. The molecule has 20 nitrogen and oxygen atoms in total. The molecular weight excluding hydrogens is 937 g/mol. The highest BCUT2D eigenvalue weighted by Gasteiger charge is 2.60. The van der Waals surface area contributed by atoms with Gasteiger partial charge in [0.2, 0.25) is 5.91 Å². The van der Waals surface area contributed by atoms with E-state index in [4.69, 9.17) is 67.1 Å². The van der Waals surface area contributed by atoms with Crippen LogP contribution in [0.5, 0.6) is 0 Å². The molecule has 8 rings (SSSR count). The van der Waals surface area contributed by atoms with Crippen LogP contribution in [-0.4, -0.2) is 194 Å². The Labute approximate surface area is 424 Å². The first-order valence-electron chi connectivity index (χ1n) is 26.8. The summed E-state index contributed by atoms with van der Waals surface area (Å²) in [6.45, 7) is 14.3. The Hall–Kier alpha value is -2.63. The lowest BCUT2D eigenvalue weighted by Crippen LogP contribution is -2.58. The van der Waals surface area contributed by atoms with Crippen LogP contribution >= 0.6 is 0 Å². The van der Waals surface area contributed by atoms with Crippen molar-refractivity contribution in [2.45, 2.75) is 201 Å². The number of methoxy groups -OCH3 is 2. The van der Waals surface area contributed by atoms with E-state index in [-0.39, 0.29) is 136 Å². The van der Waals surface area contributed by atoms with Gasteiger partial charge in [-0.15, -0.1) is 0 Å². The zero-order valence-corrected chi connectivity index (χ0v) is 42.8. The van der Waals surface area contributed by atoms with Crippen molar-refractivity contribution in [2.24, 2.45) is 17.0 Å². The average Bonchev–Trinajstić information content (AvgIpc) is 4.00. The number of azide groups is 1. The lowest BCUT2D eigenvalue weighted by Gasteiger charge is -2.47. The molecule has 1 spiro atoms. The maximum Gasteiger partial charge on any atom is 0.222 e. The number of hydrogen-bond acceptors (Lipinski definition) is 17. The molecule has 20 heteroatoms. The molecule has 72 heavy (non-hydrogen) atoms. The van der Waals surface area contributed by atoms with Crippen molar-refractivity contribution >= 4 is 11.7 Å². The van der Waals surface area contributed by atoms with E-state index in [1.54, 1.807) is 14.2 Å². The molecule has 0 aromatic carbocycles. The molecular formula is C52H82N4O16. The number of aliphatic hydroxyl groups excluding tert-OH is 1. The molecule has 0 unspecified atom stereocenters. The van der Waals surface area contributed by atoms with Crippen LogP contribution in [-0.2, 0) is 71.2 Å². The van der Waals surface area contributed by atoms with E-state index >= 15 is 0 Å². The van der Waals surface area contributed by atoms with Gasteiger partial charge in [0, 0.05) is 89.5 Å². The predicted octanol–water partition coefficient (Wildman–Crippen LogP) is 5.00. The molecule has 18 atom stereocenters. The third kappa shape index (κ3) is 14.6. The highest BCUT2D eigenvalue weighted by atomic mass is 16.7. The van der Waals surface area contributed by atoms with Crippen LogP contribution in [0.2, 0.25) is 0 Å². The Balaban J connectivity index is 0.864. The number of aliphatic hydroxyl groups is 1. The van der Waals surface area contributed by atoms with Crippen LogP contribution in [0, 0.1) is 11.8 Å². The van der Waals surface area contributed by atoms with Crippen LogP contribution in [0.3, 0.4) is 0 Å². The van der Waals surface area contributed by atoms with Gasteiger partial charge in [0.05, 0.1) is 132 Å². The van der Waals surface area contributed by atoms with Gasteiger partial charge in [0.25, 0.3) is 0 Å². The molecule has 0 aliphatic carbocycles. The Morgan fingerprint density at radius 2 is 1.50 bits per heavy atom. The molecule has 8 fully saturated rings. The summed E-state index contributed by atoms with van der Waals surface area (Å²) in [5, 5.41) is 17.5. The van der Waals surface area contributed by atoms with Crippen LogP contribution in [0.4, 0.5) is 0 Å². The van der Waals surface area contributed by atoms with Gasteiger partial charge in [-0.25, -0.2) is 0 Å². The largest absolute Gasteiger partial charge is 0.391 e. The first-order chi connectivity index (χ1) is 34.9. The number of carbonyl (C=O) groups excluding carboxylic acids is 2. The summed E-state index contributed by atoms with van der Waals surface area (Å²) in [5.74, 6) is -1.18. The third-order valence-electron chi connectivity index (χ3n) is 16.1. The number of nitrogens with one attached hydrogen (secondary N) is 1. The van der Waals surface area contributed by atoms with Crippen molar-refractivity contribution < 1.29 is 76.3 Å². The number of nitrogens with zero attached hydrogens (tertiary/aromatic N) is 3.